The second-order valence-electron chi connectivity index (χ2n) is 8.42. The molecule has 6 nitrogen and oxygen atoms in total. The topological polar surface area (TPSA) is 84.3 Å². The van der Waals surface area contributed by atoms with Crippen molar-refractivity contribution >= 4 is 27.9 Å². The Balaban J connectivity index is 1.64. The van der Waals surface area contributed by atoms with Crippen LogP contribution in [0.1, 0.15) is 59.7 Å². The Morgan fingerprint density at radius 1 is 1.26 bits per heavy atom. The van der Waals surface area contributed by atoms with E-state index in [4.69, 9.17) is 0 Å². The van der Waals surface area contributed by atoms with Crippen molar-refractivity contribution in [2.75, 3.05) is 5.32 Å². The zero-order valence-electron chi connectivity index (χ0n) is 15.7. The molecule has 1 amide bonds. The smallest absolute Gasteiger partial charge is 0.269 e. The zero-order valence-corrected chi connectivity index (χ0v) is 16.5. The summed E-state index contributed by atoms with van der Waals surface area (Å²) < 4.78 is 0. The number of carbonyl (C=O) groups is 1. The maximum atomic E-state index is 12.8. The molecule has 2 heterocycles. The molecular formula is C20H23N3O3S. The van der Waals surface area contributed by atoms with Crippen LogP contribution in [0.3, 0.4) is 0 Å². The highest BCUT2D eigenvalue weighted by molar-refractivity contribution is 7.16. The predicted octanol–water partition coefficient (Wildman–Crippen LogP) is 4.66. The average Bonchev–Trinajstić information content (AvgIpc) is 2.99. The van der Waals surface area contributed by atoms with Gasteiger partial charge in [0, 0.05) is 22.6 Å². The number of nitrogens with one attached hydrogen (secondary N) is 2. The van der Waals surface area contributed by atoms with E-state index in [1.165, 1.54) is 22.6 Å². The van der Waals surface area contributed by atoms with E-state index in [2.05, 4.69) is 31.4 Å². The van der Waals surface area contributed by atoms with E-state index < -0.39 is 11.1 Å². The van der Waals surface area contributed by atoms with Crippen LogP contribution in [0.5, 0.6) is 0 Å². The zero-order chi connectivity index (χ0) is 19.3. The highest BCUT2D eigenvalue weighted by atomic mass is 32.1. The van der Waals surface area contributed by atoms with Gasteiger partial charge in [-0.2, -0.15) is 0 Å². The van der Waals surface area contributed by atoms with Crippen molar-refractivity contribution in [2.24, 2.45) is 11.3 Å². The molecular weight excluding hydrogens is 362 g/mol. The van der Waals surface area contributed by atoms with Crippen LogP contribution >= 0.6 is 11.3 Å². The molecule has 0 saturated carbocycles. The highest BCUT2D eigenvalue weighted by Gasteiger charge is 2.36. The minimum Gasteiger partial charge on any atom is -0.353 e. The number of carbonyl (C=O) groups excluding carboxylic acids is 1. The largest absolute Gasteiger partial charge is 0.353 e. The van der Waals surface area contributed by atoms with Crippen LogP contribution in [-0.2, 0) is 12.8 Å². The van der Waals surface area contributed by atoms with Gasteiger partial charge in [-0.25, -0.2) is 0 Å². The van der Waals surface area contributed by atoms with Crippen molar-refractivity contribution in [1.29, 1.82) is 0 Å². The number of nitro groups is 1. The second kappa shape index (κ2) is 6.34. The molecule has 1 aliphatic heterocycles. The van der Waals surface area contributed by atoms with Gasteiger partial charge < -0.3 is 10.6 Å². The van der Waals surface area contributed by atoms with Gasteiger partial charge in [-0.1, -0.05) is 32.9 Å². The summed E-state index contributed by atoms with van der Waals surface area (Å²) in [5, 5.41) is 18.3. The quantitative estimate of drug-likeness (QED) is 0.582. The Labute approximate surface area is 162 Å². The highest BCUT2D eigenvalue weighted by Crippen LogP contribution is 2.46. The van der Waals surface area contributed by atoms with Gasteiger partial charge in [0.25, 0.3) is 11.6 Å². The Bertz CT molecular complexity index is 929. The summed E-state index contributed by atoms with van der Waals surface area (Å²) in [4.78, 5) is 24.7. The van der Waals surface area contributed by atoms with Gasteiger partial charge in [-0.05, 0) is 36.2 Å². The third-order valence-electron chi connectivity index (χ3n) is 5.68. The van der Waals surface area contributed by atoms with Crippen molar-refractivity contribution in [1.82, 2.24) is 5.32 Å². The van der Waals surface area contributed by atoms with E-state index in [1.807, 2.05) is 0 Å². The summed E-state index contributed by atoms with van der Waals surface area (Å²) in [6.07, 6.45) is 2.58. The van der Waals surface area contributed by atoms with Gasteiger partial charge in [0.2, 0.25) is 0 Å². The van der Waals surface area contributed by atoms with Crippen molar-refractivity contribution in [3.8, 4) is 0 Å². The summed E-state index contributed by atoms with van der Waals surface area (Å²) in [6, 6.07) is 6.39. The maximum absolute atomic E-state index is 12.8. The molecule has 0 fully saturated rings. The summed E-state index contributed by atoms with van der Waals surface area (Å²) >= 11 is 1.66. The van der Waals surface area contributed by atoms with E-state index in [0.717, 1.165) is 29.8 Å². The first-order valence-corrected chi connectivity index (χ1v) is 10.0. The number of benzene rings is 1. The first kappa shape index (κ1) is 18.0. The average molecular weight is 385 g/mol. The second-order valence-corrected chi connectivity index (χ2v) is 9.52. The van der Waals surface area contributed by atoms with Crippen LogP contribution in [0.25, 0.3) is 0 Å². The fourth-order valence-electron chi connectivity index (χ4n) is 4.02. The number of rotatable bonds is 2. The molecule has 7 heteroatoms. The number of nitro benzene ring substituents is 1. The number of non-ortho nitro benzene ring substituents is 1. The third-order valence-corrected chi connectivity index (χ3v) is 6.87. The molecule has 0 bridgehead atoms. The first-order valence-electron chi connectivity index (χ1n) is 9.20. The van der Waals surface area contributed by atoms with Crippen LogP contribution in [0.15, 0.2) is 24.3 Å². The molecule has 0 unspecified atom stereocenters. The van der Waals surface area contributed by atoms with Gasteiger partial charge in [0.1, 0.15) is 11.2 Å². The number of hydrogen-bond donors (Lipinski definition) is 2. The maximum Gasteiger partial charge on any atom is 0.269 e. The molecule has 2 aliphatic rings. The van der Waals surface area contributed by atoms with Crippen molar-refractivity contribution in [3.05, 3.63) is 55.9 Å². The first-order chi connectivity index (χ1) is 12.7. The number of fused-ring (bicyclic) bond motifs is 3. The lowest BCUT2D eigenvalue weighted by molar-refractivity contribution is -0.384. The fourth-order valence-corrected chi connectivity index (χ4v) is 5.37. The summed E-state index contributed by atoms with van der Waals surface area (Å²) in [5.41, 5.74) is 2.90. The van der Waals surface area contributed by atoms with E-state index in [-0.39, 0.29) is 17.0 Å². The lowest BCUT2D eigenvalue weighted by Gasteiger charge is -2.34. The molecule has 27 heavy (non-hydrogen) atoms. The molecule has 0 saturated heterocycles. The minimum atomic E-state index is -0.455. The standard InChI is InChI=1S/C20H23N3O3S/c1-20(2,3)12-7-8-14-15(10-12)27-19-16(14)18(24)21-17(22-19)11-5-4-6-13(9-11)23(25)26/h4-6,9,12,17,22H,7-8,10H2,1-3H3,(H,21,24)/t12-,17+/m1/s1. The monoisotopic (exact) mass is 385 g/mol. The van der Waals surface area contributed by atoms with E-state index in [9.17, 15) is 14.9 Å². The Hall–Kier alpha value is -2.41. The number of hydrogen-bond acceptors (Lipinski definition) is 5. The SMILES string of the molecule is CC(C)(C)[C@@H]1CCc2c(sc3c2C(=O)N[C@H](c2cccc([N+](=O)[O-])c2)N3)C1. The lowest BCUT2D eigenvalue weighted by Crippen LogP contribution is -2.38. The van der Waals surface area contributed by atoms with Gasteiger partial charge in [0.05, 0.1) is 10.5 Å². The van der Waals surface area contributed by atoms with E-state index in [0.29, 0.717) is 11.5 Å². The predicted molar refractivity (Wildman–Crippen MR) is 106 cm³/mol. The Kier molecular flexibility index (Phi) is 4.22. The van der Waals surface area contributed by atoms with Crippen LogP contribution < -0.4 is 10.6 Å². The number of thiophene rings is 1. The normalized spacial score (nSPS) is 21.7. The van der Waals surface area contributed by atoms with Crippen LogP contribution in [-0.4, -0.2) is 10.8 Å². The molecule has 4 rings (SSSR count). The van der Waals surface area contributed by atoms with E-state index in [1.54, 1.807) is 23.5 Å². The molecule has 2 atom stereocenters. The number of anilines is 1. The number of amides is 1. The summed E-state index contributed by atoms with van der Waals surface area (Å²) in [6.45, 7) is 6.83. The molecule has 0 spiro atoms. The van der Waals surface area contributed by atoms with Gasteiger partial charge in [-0.15, -0.1) is 11.3 Å². The summed E-state index contributed by atoms with van der Waals surface area (Å²) in [5.74, 6) is 0.521. The third kappa shape index (κ3) is 3.20. The molecule has 1 aromatic heterocycles. The minimum absolute atomic E-state index is 0.0211. The molecule has 1 aromatic carbocycles. The fraction of sp³-hybridized carbons (Fsp3) is 0.450. The summed E-state index contributed by atoms with van der Waals surface area (Å²) in [7, 11) is 0. The van der Waals surface area contributed by atoms with Gasteiger partial charge >= 0.3 is 0 Å². The molecule has 2 aromatic rings. The van der Waals surface area contributed by atoms with Crippen molar-refractivity contribution in [3.63, 3.8) is 0 Å². The number of nitrogens with zero attached hydrogens (tertiary/aromatic N) is 1. The molecule has 0 radical (unpaired) electrons. The van der Waals surface area contributed by atoms with Crippen LogP contribution in [0.4, 0.5) is 10.7 Å². The van der Waals surface area contributed by atoms with Crippen molar-refractivity contribution < 1.29 is 9.72 Å². The van der Waals surface area contributed by atoms with Crippen LogP contribution in [0, 0.1) is 21.4 Å². The lowest BCUT2D eigenvalue weighted by atomic mass is 9.72. The molecule has 2 N–H and O–H groups in total. The van der Waals surface area contributed by atoms with E-state index >= 15 is 0 Å². The van der Waals surface area contributed by atoms with Gasteiger partial charge in [0.15, 0.2) is 0 Å². The van der Waals surface area contributed by atoms with Crippen LogP contribution in [0.2, 0.25) is 0 Å². The Morgan fingerprint density at radius 3 is 2.74 bits per heavy atom. The van der Waals surface area contributed by atoms with Gasteiger partial charge in [-0.3, -0.25) is 14.9 Å². The molecule has 1 aliphatic carbocycles. The van der Waals surface area contributed by atoms with Crippen molar-refractivity contribution in [2.45, 2.75) is 46.2 Å². The molecule has 142 valence electrons. The Morgan fingerprint density at radius 2 is 2.04 bits per heavy atom.